The summed E-state index contributed by atoms with van der Waals surface area (Å²) < 4.78 is 0.814. The fourth-order valence-electron chi connectivity index (χ4n) is 2.21. The number of benzene rings is 2. The van der Waals surface area contributed by atoms with Crippen LogP contribution in [0.4, 0.5) is 11.4 Å². The van der Waals surface area contributed by atoms with Gasteiger partial charge in [0.15, 0.2) is 0 Å². The first-order valence-corrected chi connectivity index (χ1v) is 7.62. The van der Waals surface area contributed by atoms with Gasteiger partial charge in [-0.3, -0.25) is 0 Å². The Balaban J connectivity index is 2.34. The maximum Gasteiger partial charge on any atom is 0.100 e. The fraction of sp³-hybridized carbons (Fsp3) is 0.235. The molecule has 2 rings (SSSR count). The Kier molecular flexibility index (Phi) is 4.87. The predicted molar refractivity (Wildman–Crippen MR) is 91.0 cm³/mol. The highest BCUT2D eigenvalue weighted by Gasteiger charge is 2.14. The van der Waals surface area contributed by atoms with Crippen molar-refractivity contribution in [1.29, 1.82) is 5.26 Å². The van der Waals surface area contributed by atoms with Gasteiger partial charge in [0.05, 0.1) is 5.56 Å². The SMILES string of the molecule is CC(C)N(Cc1ccccc1N)c1ccc(C#N)c(Br)c1. The topological polar surface area (TPSA) is 53.0 Å². The van der Waals surface area contributed by atoms with Crippen molar-refractivity contribution in [3.63, 3.8) is 0 Å². The second kappa shape index (κ2) is 6.64. The summed E-state index contributed by atoms with van der Waals surface area (Å²) in [4.78, 5) is 2.26. The molecule has 0 radical (unpaired) electrons. The van der Waals surface area contributed by atoms with Gasteiger partial charge in [-0.2, -0.15) is 5.26 Å². The number of rotatable bonds is 4. The van der Waals surface area contributed by atoms with Gasteiger partial charge in [0, 0.05) is 28.4 Å². The maximum absolute atomic E-state index is 9.02. The minimum Gasteiger partial charge on any atom is -0.398 e. The van der Waals surface area contributed by atoms with Crippen LogP contribution in [0.2, 0.25) is 0 Å². The van der Waals surface area contributed by atoms with Gasteiger partial charge in [0.25, 0.3) is 0 Å². The van der Waals surface area contributed by atoms with E-state index < -0.39 is 0 Å². The zero-order valence-electron chi connectivity index (χ0n) is 12.2. The average Bonchev–Trinajstić information content (AvgIpc) is 2.46. The molecule has 0 heterocycles. The Hall–Kier alpha value is -1.99. The van der Waals surface area contributed by atoms with Crippen LogP contribution in [0.5, 0.6) is 0 Å². The zero-order valence-corrected chi connectivity index (χ0v) is 13.8. The lowest BCUT2D eigenvalue weighted by Gasteiger charge is -2.30. The molecule has 2 aromatic carbocycles. The van der Waals surface area contributed by atoms with Crippen LogP contribution < -0.4 is 10.6 Å². The first-order chi connectivity index (χ1) is 10.0. The number of nitrogen functional groups attached to an aromatic ring is 1. The van der Waals surface area contributed by atoms with Crippen molar-refractivity contribution in [3.05, 3.63) is 58.1 Å². The third kappa shape index (κ3) is 3.56. The summed E-state index contributed by atoms with van der Waals surface area (Å²) in [5, 5.41) is 9.02. The lowest BCUT2D eigenvalue weighted by atomic mass is 10.1. The normalized spacial score (nSPS) is 10.4. The van der Waals surface area contributed by atoms with Crippen LogP contribution in [-0.4, -0.2) is 6.04 Å². The largest absolute Gasteiger partial charge is 0.398 e. The van der Waals surface area contributed by atoms with E-state index in [1.54, 1.807) is 0 Å². The van der Waals surface area contributed by atoms with Gasteiger partial charge < -0.3 is 10.6 Å². The number of halogens is 1. The molecule has 2 N–H and O–H groups in total. The molecule has 21 heavy (non-hydrogen) atoms. The smallest absolute Gasteiger partial charge is 0.100 e. The van der Waals surface area contributed by atoms with Gasteiger partial charge in [0.2, 0.25) is 0 Å². The van der Waals surface area contributed by atoms with Gasteiger partial charge in [-0.1, -0.05) is 18.2 Å². The Morgan fingerprint density at radius 2 is 1.95 bits per heavy atom. The fourth-order valence-corrected chi connectivity index (χ4v) is 2.66. The number of nitriles is 1. The average molecular weight is 344 g/mol. The van der Waals surface area contributed by atoms with Crippen LogP contribution in [0, 0.1) is 11.3 Å². The van der Waals surface area contributed by atoms with Gasteiger partial charge >= 0.3 is 0 Å². The summed E-state index contributed by atoms with van der Waals surface area (Å²) in [6.45, 7) is 5.03. The molecule has 0 saturated carbocycles. The summed E-state index contributed by atoms with van der Waals surface area (Å²) in [6.07, 6.45) is 0. The van der Waals surface area contributed by atoms with Crippen LogP contribution >= 0.6 is 15.9 Å². The molecule has 0 aliphatic carbocycles. The summed E-state index contributed by atoms with van der Waals surface area (Å²) in [5.41, 5.74) is 9.66. The molecular formula is C17H18BrN3. The van der Waals surface area contributed by atoms with E-state index in [9.17, 15) is 0 Å². The van der Waals surface area contributed by atoms with Crippen LogP contribution in [0.15, 0.2) is 46.9 Å². The molecule has 0 saturated heterocycles. The Morgan fingerprint density at radius 1 is 1.24 bits per heavy atom. The second-order valence-electron chi connectivity index (χ2n) is 5.20. The highest BCUT2D eigenvalue weighted by Crippen LogP contribution is 2.27. The molecule has 0 atom stereocenters. The Labute approximate surface area is 134 Å². The Bertz CT molecular complexity index is 674. The number of para-hydroxylation sites is 1. The van der Waals surface area contributed by atoms with E-state index in [1.807, 2.05) is 42.5 Å². The molecular weight excluding hydrogens is 326 g/mol. The van der Waals surface area contributed by atoms with Crippen LogP contribution in [0.25, 0.3) is 0 Å². The molecule has 0 amide bonds. The van der Waals surface area contributed by atoms with Crippen molar-refractivity contribution >= 4 is 27.3 Å². The quantitative estimate of drug-likeness (QED) is 0.841. The van der Waals surface area contributed by atoms with Gasteiger partial charge in [0.1, 0.15) is 6.07 Å². The molecule has 3 nitrogen and oxygen atoms in total. The predicted octanol–water partition coefficient (Wildman–Crippen LogP) is 4.32. The van der Waals surface area contributed by atoms with Crippen molar-refractivity contribution in [2.45, 2.75) is 26.4 Å². The van der Waals surface area contributed by atoms with Crippen LogP contribution in [-0.2, 0) is 6.54 Å². The summed E-state index contributed by atoms with van der Waals surface area (Å²) in [7, 11) is 0. The zero-order chi connectivity index (χ0) is 15.4. The summed E-state index contributed by atoms with van der Waals surface area (Å²) in [6, 6.07) is 16.2. The Morgan fingerprint density at radius 3 is 2.52 bits per heavy atom. The molecule has 108 valence electrons. The van der Waals surface area contributed by atoms with Crippen LogP contribution in [0.3, 0.4) is 0 Å². The molecule has 0 aliphatic heterocycles. The van der Waals surface area contributed by atoms with E-state index in [0.717, 1.165) is 28.0 Å². The molecule has 0 aromatic heterocycles. The van der Waals surface area contributed by atoms with Crippen molar-refractivity contribution in [1.82, 2.24) is 0 Å². The molecule has 2 aromatic rings. The van der Waals surface area contributed by atoms with Crippen molar-refractivity contribution in [2.24, 2.45) is 0 Å². The number of hydrogen-bond donors (Lipinski definition) is 1. The van der Waals surface area contributed by atoms with Crippen molar-refractivity contribution in [2.75, 3.05) is 10.6 Å². The molecule has 0 aliphatic rings. The van der Waals surface area contributed by atoms with E-state index in [1.165, 1.54) is 0 Å². The van der Waals surface area contributed by atoms with E-state index >= 15 is 0 Å². The number of nitrogens with zero attached hydrogens (tertiary/aromatic N) is 2. The molecule has 0 fully saturated rings. The molecule has 0 unspecified atom stereocenters. The van der Waals surface area contributed by atoms with E-state index in [4.69, 9.17) is 11.0 Å². The summed E-state index contributed by atoms with van der Waals surface area (Å²) >= 11 is 3.45. The third-order valence-corrected chi connectivity index (χ3v) is 4.08. The first kappa shape index (κ1) is 15.4. The molecule has 4 heteroatoms. The van der Waals surface area contributed by atoms with E-state index in [2.05, 4.69) is 40.7 Å². The van der Waals surface area contributed by atoms with E-state index in [-0.39, 0.29) is 0 Å². The second-order valence-corrected chi connectivity index (χ2v) is 6.05. The minimum absolute atomic E-state index is 0.324. The van der Waals surface area contributed by atoms with E-state index in [0.29, 0.717) is 11.6 Å². The third-order valence-electron chi connectivity index (χ3n) is 3.42. The lowest BCUT2D eigenvalue weighted by Crippen LogP contribution is -2.30. The maximum atomic E-state index is 9.02. The monoisotopic (exact) mass is 343 g/mol. The van der Waals surface area contributed by atoms with Crippen LogP contribution in [0.1, 0.15) is 25.0 Å². The highest BCUT2D eigenvalue weighted by molar-refractivity contribution is 9.10. The van der Waals surface area contributed by atoms with Gasteiger partial charge in [-0.05, 0) is 59.6 Å². The minimum atomic E-state index is 0.324. The molecule has 0 bridgehead atoms. The number of hydrogen-bond acceptors (Lipinski definition) is 3. The standard InChI is InChI=1S/C17H18BrN3/c1-12(2)21(11-14-5-3-4-6-17(14)20)15-8-7-13(10-19)16(18)9-15/h3-9,12H,11,20H2,1-2H3. The highest BCUT2D eigenvalue weighted by atomic mass is 79.9. The lowest BCUT2D eigenvalue weighted by molar-refractivity contribution is 0.683. The first-order valence-electron chi connectivity index (χ1n) is 6.82. The van der Waals surface area contributed by atoms with Gasteiger partial charge in [-0.25, -0.2) is 0 Å². The van der Waals surface area contributed by atoms with Gasteiger partial charge in [-0.15, -0.1) is 0 Å². The summed E-state index contributed by atoms with van der Waals surface area (Å²) in [5.74, 6) is 0. The van der Waals surface area contributed by atoms with Crippen molar-refractivity contribution < 1.29 is 0 Å². The molecule has 0 spiro atoms. The number of nitrogens with two attached hydrogens (primary N) is 1. The van der Waals surface area contributed by atoms with Crippen molar-refractivity contribution in [3.8, 4) is 6.07 Å². The number of anilines is 2.